The summed E-state index contributed by atoms with van der Waals surface area (Å²) in [6.45, 7) is 1.12. The Hall–Kier alpha value is -1.92. The van der Waals surface area contributed by atoms with Gasteiger partial charge in [-0.15, -0.1) is 0 Å². The quantitative estimate of drug-likeness (QED) is 0.898. The van der Waals surface area contributed by atoms with Crippen LogP contribution in [0.5, 0.6) is 0 Å². The first kappa shape index (κ1) is 16.9. The Bertz CT molecular complexity index is 592. The third kappa shape index (κ3) is 3.30. The Morgan fingerprint density at radius 2 is 2.04 bits per heavy atom. The van der Waals surface area contributed by atoms with Gasteiger partial charge in [0.15, 0.2) is 0 Å². The van der Waals surface area contributed by atoms with Crippen LogP contribution in [0.15, 0.2) is 30.3 Å². The topological polar surface area (TPSA) is 75.9 Å². The van der Waals surface area contributed by atoms with Crippen molar-refractivity contribution < 1.29 is 14.3 Å². The van der Waals surface area contributed by atoms with E-state index in [1.54, 1.807) is 16.8 Å². The molecule has 0 aromatic heterocycles. The van der Waals surface area contributed by atoms with E-state index in [0.717, 1.165) is 18.5 Å². The van der Waals surface area contributed by atoms with Crippen molar-refractivity contribution in [2.45, 2.75) is 43.9 Å². The van der Waals surface area contributed by atoms with Crippen LogP contribution in [0.1, 0.15) is 25.7 Å². The number of benzene rings is 1. The van der Waals surface area contributed by atoms with Gasteiger partial charge in [0, 0.05) is 25.8 Å². The smallest absolute Gasteiger partial charge is 0.252 e. The van der Waals surface area contributed by atoms with Gasteiger partial charge in [0.2, 0.25) is 5.91 Å². The predicted octanol–water partition coefficient (Wildman–Crippen LogP) is 1.15. The first-order chi connectivity index (χ1) is 11.6. The highest BCUT2D eigenvalue weighted by molar-refractivity contribution is 6.00. The second-order valence-electron chi connectivity index (χ2n) is 6.49. The van der Waals surface area contributed by atoms with Crippen LogP contribution in [0.3, 0.4) is 0 Å². The van der Waals surface area contributed by atoms with E-state index in [1.807, 2.05) is 30.3 Å². The molecule has 2 fully saturated rings. The van der Waals surface area contributed by atoms with Gasteiger partial charge in [0.05, 0.1) is 6.10 Å². The fourth-order valence-corrected chi connectivity index (χ4v) is 3.52. The first-order valence-electron chi connectivity index (χ1n) is 8.60. The summed E-state index contributed by atoms with van der Waals surface area (Å²) >= 11 is 0. The molecule has 3 rings (SSSR count). The molecule has 0 saturated carbocycles. The average molecular weight is 331 g/mol. The lowest BCUT2D eigenvalue weighted by atomic mass is 10.0. The molecule has 0 radical (unpaired) electrons. The summed E-state index contributed by atoms with van der Waals surface area (Å²) in [5, 5.41) is 0. The van der Waals surface area contributed by atoms with E-state index in [4.69, 9.17) is 10.5 Å². The standard InChI is InChI=1S/C18H25N3O3/c1-20(18(23)16-10-9-14(12-19)24-16)15-8-5-11-21(17(15)22)13-6-3-2-4-7-13/h2-4,6-7,14-16H,5,8-12,19H2,1H3/t14-,15?,16+/m1/s1. The fraction of sp³-hybridized carbons (Fsp3) is 0.556. The molecule has 2 saturated heterocycles. The predicted molar refractivity (Wildman–Crippen MR) is 91.5 cm³/mol. The molecule has 24 heavy (non-hydrogen) atoms. The maximum atomic E-state index is 12.9. The van der Waals surface area contributed by atoms with Crippen molar-refractivity contribution >= 4 is 17.5 Å². The maximum Gasteiger partial charge on any atom is 0.252 e. The van der Waals surface area contributed by atoms with Crippen molar-refractivity contribution in [2.24, 2.45) is 5.73 Å². The van der Waals surface area contributed by atoms with Crippen LogP contribution in [0.4, 0.5) is 5.69 Å². The number of carbonyl (C=O) groups excluding carboxylic acids is 2. The number of hydrogen-bond acceptors (Lipinski definition) is 4. The van der Waals surface area contributed by atoms with Crippen molar-refractivity contribution in [2.75, 3.05) is 25.0 Å². The summed E-state index contributed by atoms with van der Waals surface area (Å²) in [7, 11) is 1.71. The van der Waals surface area contributed by atoms with Gasteiger partial charge in [-0.1, -0.05) is 18.2 Å². The highest BCUT2D eigenvalue weighted by Gasteiger charge is 2.39. The second-order valence-corrected chi connectivity index (χ2v) is 6.49. The lowest BCUT2D eigenvalue weighted by Gasteiger charge is -2.37. The molecular weight excluding hydrogens is 306 g/mol. The van der Waals surface area contributed by atoms with Gasteiger partial charge in [0.25, 0.3) is 5.91 Å². The highest BCUT2D eigenvalue weighted by Crippen LogP contribution is 2.26. The molecule has 1 aromatic rings. The van der Waals surface area contributed by atoms with Crippen LogP contribution in [-0.2, 0) is 14.3 Å². The van der Waals surface area contributed by atoms with Crippen molar-refractivity contribution in [3.63, 3.8) is 0 Å². The number of hydrogen-bond donors (Lipinski definition) is 1. The number of amides is 2. The van der Waals surface area contributed by atoms with Crippen LogP contribution in [0, 0.1) is 0 Å². The summed E-state index contributed by atoms with van der Waals surface area (Å²) < 4.78 is 5.69. The lowest BCUT2D eigenvalue weighted by Crippen LogP contribution is -2.54. The Balaban J connectivity index is 1.69. The van der Waals surface area contributed by atoms with Crippen molar-refractivity contribution in [1.29, 1.82) is 0 Å². The molecule has 2 aliphatic heterocycles. The summed E-state index contributed by atoms with van der Waals surface area (Å²) in [5.41, 5.74) is 6.49. The van der Waals surface area contributed by atoms with Gasteiger partial charge in [0.1, 0.15) is 12.1 Å². The van der Waals surface area contributed by atoms with Gasteiger partial charge in [-0.2, -0.15) is 0 Å². The number of nitrogens with two attached hydrogens (primary N) is 1. The normalized spacial score (nSPS) is 27.3. The fourth-order valence-electron chi connectivity index (χ4n) is 3.52. The highest BCUT2D eigenvalue weighted by atomic mass is 16.5. The molecule has 1 unspecified atom stereocenters. The van der Waals surface area contributed by atoms with E-state index >= 15 is 0 Å². The molecule has 2 aliphatic rings. The summed E-state index contributed by atoms with van der Waals surface area (Å²) in [6.07, 6.45) is 2.53. The molecule has 2 amide bonds. The Morgan fingerprint density at radius 1 is 1.29 bits per heavy atom. The van der Waals surface area contributed by atoms with E-state index in [2.05, 4.69) is 0 Å². The molecule has 0 bridgehead atoms. The maximum absolute atomic E-state index is 12.9. The molecule has 0 aliphatic carbocycles. The second kappa shape index (κ2) is 7.32. The van der Waals surface area contributed by atoms with Crippen molar-refractivity contribution in [3.8, 4) is 0 Å². The first-order valence-corrected chi connectivity index (χ1v) is 8.60. The zero-order valence-electron chi connectivity index (χ0n) is 14.1. The minimum absolute atomic E-state index is 0.0170. The molecule has 2 N–H and O–H groups in total. The third-order valence-electron chi connectivity index (χ3n) is 4.94. The zero-order chi connectivity index (χ0) is 17.1. The number of nitrogens with zero attached hydrogens (tertiary/aromatic N) is 2. The number of likely N-dealkylation sites (N-methyl/N-ethyl adjacent to an activating group) is 1. The van der Waals surface area contributed by atoms with E-state index < -0.39 is 12.1 Å². The van der Waals surface area contributed by atoms with Gasteiger partial charge < -0.3 is 20.3 Å². The Morgan fingerprint density at radius 3 is 2.71 bits per heavy atom. The van der Waals surface area contributed by atoms with Gasteiger partial charge in [-0.25, -0.2) is 0 Å². The van der Waals surface area contributed by atoms with E-state index in [-0.39, 0.29) is 17.9 Å². The number of para-hydroxylation sites is 1. The van der Waals surface area contributed by atoms with Crippen molar-refractivity contribution in [1.82, 2.24) is 4.90 Å². The monoisotopic (exact) mass is 331 g/mol. The van der Waals surface area contributed by atoms with Gasteiger partial charge in [-0.3, -0.25) is 9.59 Å². The third-order valence-corrected chi connectivity index (χ3v) is 4.94. The van der Waals surface area contributed by atoms with Crippen LogP contribution in [-0.4, -0.2) is 55.1 Å². The minimum Gasteiger partial charge on any atom is -0.364 e. The molecule has 1 aromatic carbocycles. The van der Waals surface area contributed by atoms with Crippen LogP contribution >= 0.6 is 0 Å². The van der Waals surface area contributed by atoms with Crippen LogP contribution in [0.2, 0.25) is 0 Å². The van der Waals surface area contributed by atoms with Crippen LogP contribution in [0.25, 0.3) is 0 Å². The van der Waals surface area contributed by atoms with Gasteiger partial charge in [-0.05, 0) is 37.8 Å². The summed E-state index contributed by atoms with van der Waals surface area (Å²) in [5.74, 6) is -0.129. The molecule has 3 atom stereocenters. The van der Waals surface area contributed by atoms with E-state index in [0.29, 0.717) is 25.9 Å². The van der Waals surface area contributed by atoms with E-state index in [9.17, 15) is 9.59 Å². The largest absolute Gasteiger partial charge is 0.364 e. The molecule has 6 nitrogen and oxygen atoms in total. The number of anilines is 1. The SMILES string of the molecule is CN(C(=O)[C@@H]1CC[C@H](CN)O1)C1CCCN(c2ccccc2)C1=O. The zero-order valence-corrected chi connectivity index (χ0v) is 14.1. The number of carbonyl (C=O) groups is 2. The summed E-state index contributed by atoms with van der Waals surface area (Å²) in [4.78, 5) is 28.9. The Labute approximate surface area is 142 Å². The number of ether oxygens (including phenoxy) is 1. The lowest BCUT2D eigenvalue weighted by molar-refractivity contribution is -0.147. The summed E-state index contributed by atoms with van der Waals surface area (Å²) in [6, 6.07) is 9.19. The molecule has 0 spiro atoms. The number of rotatable bonds is 4. The van der Waals surface area contributed by atoms with E-state index in [1.165, 1.54) is 0 Å². The molecular formula is C18H25N3O3. The molecule has 2 heterocycles. The van der Waals surface area contributed by atoms with Crippen LogP contribution < -0.4 is 10.6 Å². The molecule has 6 heteroatoms. The Kier molecular flexibility index (Phi) is 5.16. The van der Waals surface area contributed by atoms with Crippen molar-refractivity contribution in [3.05, 3.63) is 30.3 Å². The molecule has 130 valence electrons. The number of piperidine rings is 1. The average Bonchev–Trinajstić information content (AvgIpc) is 3.10. The van der Waals surface area contributed by atoms with Gasteiger partial charge >= 0.3 is 0 Å². The minimum atomic E-state index is -0.469.